The van der Waals surface area contributed by atoms with Crippen molar-refractivity contribution in [1.29, 1.82) is 0 Å². The average molecular weight is 268 g/mol. The SMILES string of the molecule is CN(C)c1c(F)ccc(F)c1-c1cc(C(=O)O)no1. The van der Waals surface area contributed by atoms with E-state index in [0.29, 0.717) is 0 Å². The predicted molar refractivity (Wildman–Crippen MR) is 63.1 cm³/mol. The van der Waals surface area contributed by atoms with Crippen LogP contribution in [0.5, 0.6) is 0 Å². The summed E-state index contributed by atoms with van der Waals surface area (Å²) < 4.78 is 32.4. The second-order valence-electron chi connectivity index (χ2n) is 4.03. The summed E-state index contributed by atoms with van der Waals surface area (Å²) >= 11 is 0. The second-order valence-corrected chi connectivity index (χ2v) is 4.03. The number of hydrogen-bond donors (Lipinski definition) is 1. The van der Waals surface area contributed by atoms with Gasteiger partial charge in [0.15, 0.2) is 11.5 Å². The normalized spacial score (nSPS) is 10.5. The van der Waals surface area contributed by atoms with E-state index < -0.39 is 17.6 Å². The highest BCUT2D eigenvalue weighted by Gasteiger charge is 2.22. The number of carboxylic acids is 1. The van der Waals surface area contributed by atoms with E-state index in [1.165, 1.54) is 19.0 Å². The van der Waals surface area contributed by atoms with Gasteiger partial charge in [0.2, 0.25) is 0 Å². The molecule has 19 heavy (non-hydrogen) atoms. The van der Waals surface area contributed by atoms with E-state index in [4.69, 9.17) is 9.63 Å². The van der Waals surface area contributed by atoms with Crippen LogP contribution in [0.4, 0.5) is 14.5 Å². The highest BCUT2D eigenvalue weighted by Crippen LogP contribution is 2.35. The molecule has 0 atom stereocenters. The van der Waals surface area contributed by atoms with Gasteiger partial charge in [-0.3, -0.25) is 0 Å². The lowest BCUT2D eigenvalue weighted by molar-refractivity contribution is 0.0686. The van der Waals surface area contributed by atoms with Gasteiger partial charge in [0, 0.05) is 20.2 Å². The molecule has 0 bridgehead atoms. The maximum absolute atomic E-state index is 13.9. The molecule has 0 unspecified atom stereocenters. The molecule has 0 saturated carbocycles. The van der Waals surface area contributed by atoms with E-state index in [2.05, 4.69) is 5.16 Å². The lowest BCUT2D eigenvalue weighted by Crippen LogP contribution is -2.13. The van der Waals surface area contributed by atoms with Crippen LogP contribution in [-0.2, 0) is 0 Å². The van der Waals surface area contributed by atoms with Gasteiger partial charge >= 0.3 is 5.97 Å². The fourth-order valence-corrected chi connectivity index (χ4v) is 1.71. The van der Waals surface area contributed by atoms with E-state index in [1.54, 1.807) is 0 Å². The Morgan fingerprint density at radius 1 is 1.32 bits per heavy atom. The number of hydrogen-bond acceptors (Lipinski definition) is 4. The quantitative estimate of drug-likeness (QED) is 0.925. The Labute approximate surface area is 107 Å². The summed E-state index contributed by atoms with van der Waals surface area (Å²) in [6.45, 7) is 0. The van der Waals surface area contributed by atoms with Crippen molar-refractivity contribution in [2.75, 3.05) is 19.0 Å². The minimum Gasteiger partial charge on any atom is -0.476 e. The minimum absolute atomic E-state index is 0.0342. The molecule has 0 radical (unpaired) electrons. The number of aromatic carboxylic acids is 1. The molecule has 0 amide bonds. The van der Waals surface area contributed by atoms with Crippen LogP contribution in [0, 0.1) is 11.6 Å². The summed E-state index contributed by atoms with van der Waals surface area (Å²) in [5, 5.41) is 12.0. The molecule has 0 aliphatic rings. The first-order valence-corrected chi connectivity index (χ1v) is 5.27. The molecule has 0 saturated heterocycles. The second kappa shape index (κ2) is 4.68. The van der Waals surface area contributed by atoms with E-state index in [-0.39, 0.29) is 22.7 Å². The van der Waals surface area contributed by atoms with Crippen molar-refractivity contribution in [3.63, 3.8) is 0 Å². The van der Waals surface area contributed by atoms with Gasteiger partial charge in [-0.2, -0.15) is 0 Å². The Balaban J connectivity index is 2.66. The first-order chi connectivity index (χ1) is 8.91. The van der Waals surface area contributed by atoms with Gasteiger partial charge in [-0.25, -0.2) is 13.6 Å². The molecule has 1 heterocycles. The number of halogens is 2. The Bertz CT molecular complexity index is 638. The third-order valence-corrected chi connectivity index (χ3v) is 2.50. The zero-order valence-corrected chi connectivity index (χ0v) is 10.1. The number of rotatable bonds is 3. The van der Waals surface area contributed by atoms with Gasteiger partial charge in [0.05, 0.1) is 11.3 Å². The number of carboxylic acid groups (broad SMARTS) is 1. The summed E-state index contributed by atoms with van der Waals surface area (Å²) in [6, 6.07) is 2.98. The first-order valence-electron chi connectivity index (χ1n) is 5.27. The van der Waals surface area contributed by atoms with Crippen molar-refractivity contribution in [3.05, 3.63) is 35.5 Å². The van der Waals surface area contributed by atoms with Gasteiger partial charge in [-0.05, 0) is 12.1 Å². The summed E-state index contributed by atoms with van der Waals surface area (Å²) in [5.74, 6) is -2.82. The van der Waals surface area contributed by atoms with Gasteiger partial charge in [0.25, 0.3) is 0 Å². The highest BCUT2D eigenvalue weighted by molar-refractivity contribution is 5.87. The predicted octanol–water partition coefficient (Wildman–Crippen LogP) is 2.38. The lowest BCUT2D eigenvalue weighted by atomic mass is 10.1. The smallest absolute Gasteiger partial charge is 0.358 e. The fraction of sp³-hybridized carbons (Fsp3) is 0.167. The topological polar surface area (TPSA) is 66.6 Å². The number of nitrogens with zero attached hydrogens (tertiary/aromatic N) is 2. The third kappa shape index (κ3) is 2.26. The van der Waals surface area contributed by atoms with Crippen molar-refractivity contribution >= 4 is 11.7 Å². The number of carbonyl (C=O) groups is 1. The third-order valence-electron chi connectivity index (χ3n) is 2.50. The van der Waals surface area contributed by atoms with Crippen LogP contribution >= 0.6 is 0 Å². The van der Waals surface area contributed by atoms with Gasteiger partial charge in [-0.1, -0.05) is 5.16 Å². The summed E-state index contributed by atoms with van der Waals surface area (Å²) in [7, 11) is 3.08. The van der Waals surface area contributed by atoms with Gasteiger partial charge in [0.1, 0.15) is 11.6 Å². The molecule has 0 spiro atoms. The summed E-state index contributed by atoms with van der Waals surface area (Å²) in [4.78, 5) is 12.1. The molecule has 100 valence electrons. The summed E-state index contributed by atoms with van der Waals surface area (Å²) in [5.41, 5.74) is -0.568. The maximum Gasteiger partial charge on any atom is 0.358 e. The largest absolute Gasteiger partial charge is 0.476 e. The Hall–Kier alpha value is -2.44. The fourth-order valence-electron chi connectivity index (χ4n) is 1.71. The molecule has 1 aromatic heterocycles. The van der Waals surface area contributed by atoms with Crippen LogP contribution in [0.25, 0.3) is 11.3 Å². The van der Waals surface area contributed by atoms with Crippen LogP contribution in [0.3, 0.4) is 0 Å². The minimum atomic E-state index is -1.31. The van der Waals surface area contributed by atoms with Crippen LogP contribution in [0.15, 0.2) is 22.7 Å². The molecular weight excluding hydrogens is 258 g/mol. The number of benzene rings is 1. The molecule has 0 aliphatic heterocycles. The molecule has 2 aromatic rings. The maximum atomic E-state index is 13.9. The zero-order chi connectivity index (χ0) is 14.2. The zero-order valence-electron chi connectivity index (χ0n) is 10.1. The van der Waals surface area contributed by atoms with Crippen LogP contribution < -0.4 is 4.90 Å². The molecule has 0 aliphatic carbocycles. The van der Waals surface area contributed by atoms with Crippen LogP contribution in [-0.4, -0.2) is 30.3 Å². The summed E-state index contributed by atoms with van der Waals surface area (Å²) in [6.07, 6.45) is 0. The monoisotopic (exact) mass is 268 g/mol. The van der Waals surface area contributed by atoms with Gasteiger partial charge < -0.3 is 14.5 Å². The van der Waals surface area contributed by atoms with Crippen molar-refractivity contribution in [2.24, 2.45) is 0 Å². The number of anilines is 1. The Kier molecular flexibility index (Phi) is 3.20. The Morgan fingerprint density at radius 3 is 2.47 bits per heavy atom. The lowest BCUT2D eigenvalue weighted by Gasteiger charge is -2.17. The molecule has 1 aromatic carbocycles. The van der Waals surface area contributed by atoms with Crippen molar-refractivity contribution in [1.82, 2.24) is 5.16 Å². The van der Waals surface area contributed by atoms with E-state index in [1.807, 2.05) is 0 Å². The molecule has 1 N–H and O–H groups in total. The molecule has 2 rings (SSSR count). The van der Waals surface area contributed by atoms with Crippen molar-refractivity contribution in [2.45, 2.75) is 0 Å². The molecule has 7 heteroatoms. The first kappa shape index (κ1) is 13.0. The van der Waals surface area contributed by atoms with Crippen LogP contribution in [0.2, 0.25) is 0 Å². The molecular formula is C12H10F2N2O3. The van der Waals surface area contributed by atoms with Crippen molar-refractivity contribution in [3.8, 4) is 11.3 Å². The molecule has 0 fully saturated rings. The van der Waals surface area contributed by atoms with E-state index in [9.17, 15) is 13.6 Å². The van der Waals surface area contributed by atoms with E-state index in [0.717, 1.165) is 18.2 Å². The highest BCUT2D eigenvalue weighted by atomic mass is 19.1. The Morgan fingerprint density at radius 2 is 1.95 bits per heavy atom. The van der Waals surface area contributed by atoms with Gasteiger partial charge in [-0.15, -0.1) is 0 Å². The molecule has 5 nitrogen and oxygen atoms in total. The van der Waals surface area contributed by atoms with Crippen LogP contribution in [0.1, 0.15) is 10.5 Å². The van der Waals surface area contributed by atoms with E-state index >= 15 is 0 Å². The average Bonchev–Trinajstić information content (AvgIpc) is 2.80. The standard InChI is InChI=1S/C12H10F2N2O3/c1-16(2)11-7(14)4-3-6(13)10(11)9-5-8(12(17)18)15-19-9/h3-5H,1-2H3,(H,17,18). The number of aromatic nitrogens is 1. The van der Waals surface area contributed by atoms with Crippen molar-refractivity contribution < 1.29 is 23.2 Å².